The number of ether oxygens (including phenoxy) is 8. The van der Waals surface area contributed by atoms with Crippen molar-refractivity contribution in [3.63, 3.8) is 0 Å². The van der Waals surface area contributed by atoms with Gasteiger partial charge >= 0.3 is 0 Å². The van der Waals surface area contributed by atoms with Crippen molar-refractivity contribution < 1.29 is 37.9 Å². The number of hydrogen-bond donors (Lipinski definition) is 0. The molecule has 4 aliphatic rings. The molecule has 4 aromatic rings. The maximum Gasteiger partial charge on any atom is 0.197 e. The monoisotopic (exact) mass is 742 g/mol. The maximum absolute atomic E-state index is 12.6. The van der Waals surface area contributed by atoms with E-state index in [1.54, 1.807) is 12.1 Å². The van der Waals surface area contributed by atoms with Gasteiger partial charge in [-0.25, -0.2) is 0 Å². The second-order valence-electron chi connectivity index (χ2n) is 13.7. The van der Waals surface area contributed by atoms with Crippen LogP contribution in [0, 0.1) is 13.8 Å². The van der Waals surface area contributed by atoms with Crippen molar-refractivity contribution in [2.24, 2.45) is 0 Å². The molecular formula is C42H50N2O10. The summed E-state index contributed by atoms with van der Waals surface area (Å²) in [6.07, 6.45) is 1.53. The fraction of sp³-hybridized carbons (Fsp3) is 0.476. The molecule has 2 saturated heterocycles. The van der Waals surface area contributed by atoms with Crippen molar-refractivity contribution in [3.05, 3.63) is 91.2 Å². The highest BCUT2D eigenvalue weighted by molar-refractivity contribution is 5.71. The number of aryl methyl sites for hydroxylation is 2. The van der Waals surface area contributed by atoms with E-state index in [1.807, 2.05) is 52.0 Å². The number of rotatable bonds is 10. The van der Waals surface area contributed by atoms with Crippen LogP contribution in [-0.4, -0.2) is 87.4 Å². The number of aromatic nitrogens is 2. The van der Waals surface area contributed by atoms with Crippen molar-refractivity contribution in [2.45, 2.75) is 65.8 Å². The lowest BCUT2D eigenvalue weighted by molar-refractivity contribution is -0.102. The van der Waals surface area contributed by atoms with E-state index in [1.165, 1.54) is 11.1 Å². The predicted octanol–water partition coefficient (Wildman–Crippen LogP) is 5.15. The van der Waals surface area contributed by atoms with Crippen molar-refractivity contribution in [2.75, 3.05) is 66.1 Å². The molecule has 2 atom stereocenters. The first kappa shape index (κ1) is 37.7. The van der Waals surface area contributed by atoms with Crippen molar-refractivity contribution >= 4 is 0 Å². The Morgan fingerprint density at radius 2 is 1.06 bits per heavy atom. The van der Waals surface area contributed by atoms with E-state index in [4.69, 9.17) is 37.9 Å². The van der Waals surface area contributed by atoms with E-state index in [0.29, 0.717) is 77.8 Å². The first-order chi connectivity index (χ1) is 26.3. The zero-order valence-corrected chi connectivity index (χ0v) is 31.6. The van der Waals surface area contributed by atoms with Crippen LogP contribution >= 0.6 is 0 Å². The molecule has 0 saturated carbocycles. The van der Waals surface area contributed by atoms with Crippen LogP contribution in [0.2, 0.25) is 0 Å². The molecule has 0 N–H and O–H groups in total. The fourth-order valence-corrected chi connectivity index (χ4v) is 7.45. The lowest BCUT2D eigenvalue weighted by Crippen LogP contribution is -2.34. The number of hydrogen-bond acceptors (Lipinski definition) is 10. The van der Waals surface area contributed by atoms with Crippen LogP contribution < -0.4 is 29.8 Å². The van der Waals surface area contributed by atoms with E-state index in [0.717, 1.165) is 71.1 Å². The Bertz CT molecular complexity index is 1910. The van der Waals surface area contributed by atoms with E-state index < -0.39 is 0 Å². The van der Waals surface area contributed by atoms with Gasteiger partial charge in [0.05, 0.1) is 64.2 Å². The third-order valence-electron chi connectivity index (χ3n) is 10.1. The molecular weight excluding hydrogens is 692 g/mol. The molecule has 2 fully saturated rings. The molecule has 0 bridgehead atoms. The first-order valence-corrected chi connectivity index (χ1v) is 19.0. The van der Waals surface area contributed by atoms with E-state index >= 15 is 0 Å². The van der Waals surface area contributed by atoms with Gasteiger partial charge in [0.25, 0.3) is 0 Å². The molecule has 6 heterocycles. The van der Waals surface area contributed by atoms with Crippen LogP contribution in [0.5, 0.6) is 23.3 Å². The summed E-state index contributed by atoms with van der Waals surface area (Å²) in [5.41, 5.74) is 7.86. The van der Waals surface area contributed by atoms with Gasteiger partial charge in [-0.15, -0.1) is 0 Å². The number of fused-ring (bicyclic) bond motifs is 6. The zero-order valence-electron chi connectivity index (χ0n) is 31.6. The molecule has 2 aromatic heterocycles. The Hall–Kier alpha value is -4.62. The third-order valence-corrected chi connectivity index (χ3v) is 10.1. The minimum absolute atomic E-state index is 0.0150. The van der Waals surface area contributed by atoms with E-state index in [2.05, 4.69) is 21.3 Å². The quantitative estimate of drug-likeness (QED) is 0.216. The van der Waals surface area contributed by atoms with E-state index in [-0.39, 0.29) is 23.1 Å². The summed E-state index contributed by atoms with van der Waals surface area (Å²) in [7, 11) is 0. The van der Waals surface area contributed by atoms with Gasteiger partial charge in [-0.3, -0.25) is 9.59 Å². The molecule has 12 heteroatoms. The van der Waals surface area contributed by atoms with Gasteiger partial charge in [-0.1, -0.05) is 0 Å². The maximum atomic E-state index is 12.6. The van der Waals surface area contributed by atoms with Crippen LogP contribution in [0.4, 0.5) is 0 Å². The fourth-order valence-electron chi connectivity index (χ4n) is 7.45. The Labute approximate surface area is 315 Å². The molecule has 8 rings (SSSR count). The second-order valence-corrected chi connectivity index (χ2v) is 13.7. The standard InChI is InChI=1S/2C21H25NO5/c2*1-3-25-16-4-5-18-15(10-16)6-7-22-20(11-19(23)14(2)21(18)22)27-13-17-12-24-8-9-26-17/h2*4-5,10-11,17H,3,6-9,12-13H2,1-2H3/t17-;/m0./s1. The highest BCUT2D eigenvalue weighted by Crippen LogP contribution is 2.37. The normalized spacial score (nSPS) is 18.5. The number of nitrogens with zero attached hydrogens (tertiary/aromatic N) is 2. The van der Waals surface area contributed by atoms with Gasteiger partial charge in [-0.05, 0) is 88.1 Å². The summed E-state index contributed by atoms with van der Waals surface area (Å²) in [5.74, 6) is 2.92. The van der Waals surface area contributed by atoms with Crippen molar-refractivity contribution in [3.8, 4) is 45.8 Å². The van der Waals surface area contributed by atoms with Crippen LogP contribution in [0.15, 0.2) is 58.1 Å². The largest absolute Gasteiger partial charge is 0.494 e. The highest BCUT2D eigenvalue weighted by Gasteiger charge is 2.25. The SMILES string of the molecule is CCOc1ccc2c(c1)CCn1c(OCC3COCCO3)cc(=O)c(C)c1-2.CCOc1ccc2c(c1)CCn1c(OC[C@@H]3COCCO3)cc(=O)c(C)c1-2. The van der Waals surface area contributed by atoms with Crippen LogP contribution in [0.25, 0.3) is 22.5 Å². The summed E-state index contributed by atoms with van der Waals surface area (Å²) < 4.78 is 49.5. The minimum atomic E-state index is -0.101. The van der Waals surface area contributed by atoms with Crippen LogP contribution in [-0.2, 0) is 44.9 Å². The average molecular weight is 743 g/mol. The third kappa shape index (κ3) is 8.22. The first-order valence-electron chi connectivity index (χ1n) is 19.0. The zero-order chi connectivity index (χ0) is 37.6. The number of pyridine rings is 2. The molecule has 0 spiro atoms. The topological polar surface area (TPSA) is 118 Å². The number of benzene rings is 2. The summed E-state index contributed by atoms with van der Waals surface area (Å²) in [6, 6.07) is 15.3. The highest BCUT2D eigenvalue weighted by atomic mass is 16.6. The van der Waals surface area contributed by atoms with Gasteiger partial charge < -0.3 is 47.0 Å². The average Bonchev–Trinajstić information content (AvgIpc) is 3.20. The molecule has 0 amide bonds. The summed E-state index contributed by atoms with van der Waals surface area (Å²) in [4.78, 5) is 25.1. The molecule has 0 aliphatic carbocycles. The lowest BCUT2D eigenvalue weighted by Gasteiger charge is -2.28. The predicted molar refractivity (Wildman–Crippen MR) is 204 cm³/mol. The Balaban J connectivity index is 0.000000167. The van der Waals surface area contributed by atoms with E-state index in [9.17, 15) is 9.59 Å². The second kappa shape index (κ2) is 17.2. The Morgan fingerprint density at radius 3 is 1.44 bits per heavy atom. The van der Waals surface area contributed by atoms with Gasteiger partial charge in [0.2, 0.25) is 0 Å². The molecule has 1 unspecified atom stereocenters. The van der Waals surface area contributed by atoms with Crippen LogP contribution in [0.3, 0.4) is 0 Å². The molecule has 4 aliphatic heterocycles. The summed E-state index contributed by atoms with van der Waals surface area (Å²) >= 11 is 0. The smallest absolute Gasteiger partial charge is 0.197 e. The molecule has 0 radical (unpaired) electrons. The minimum Gasteiger partial charge on any atom is -0.494 e. The van der Waals surface area contributed by atoms with Crippen molar-refractivity contribution in [1.29, 1.82) is 0 Å². The van der Waals surface area contributed by atoms with Gasteiger partial charge in [0.15, 0.2) is 22.6 Å². The van der Waals surface area contributed by atoms with Gasteiger partial charge in [0.1, 0.15) is 36.9 Å². The molecule has 12 nitrogen and oxygen atoms in total. The molecule has 54 heavy (non-hydrogen) atoms. The summed E-state index contributed by atoms with van der Waals surface area (Å²) in [6.45, 7) is 14.7. The Kier molecular flexibility index (Phi) is 12.0. The van der Waals surface area contributed by atoms with Gasteiger partial charge in [0, 0.05) is 47.5 Å². The van der Waals surface area contributed by atoms with Crippen molar-refractivity contribution in [1.82, 2.24) is 9.13 Å². The van der Waals surface area contributed by atoms with Gasteiger partial charge in [-0.2, -0.15) is 0 Å². The van der Waals surface area contributed by atoms with Crippen LogP contribution in [0.1, 0.15) is 36.1 Å². The molecule has 2 aromatic carbocycles. The molecule has 288 valence electrons. The Morgan fingerprint density at radius 1 is 0.611 bits per heavy atom. The lowest BCUT2D eigenvalue weighted by atomic mass is 9.94. The summed E-state index contributed by atoms with van der Waals surface area (Å²) in [5, 5.41) is 0.